The summed E-state index contributed by atoms with van der Waals surface area (Å²) in [5.41, 5.74) is 1.80. The zero-order valence-corrected chi connectivity index (χ0v) is 15.1. The Labute approximate surface area is 156 Å². The van der Waals surface area contributed by atoms with Crippen LogP contribution in [0, 0.1) is 0 Å². The number of hydrogen-bond donors (Lipinski definition) is 0. The zero-order valence-electron chi connectivity index (χ0n) is 13.6. The number of hydrogen-bond acceptors (Lipinski definition) is 3. The van der Waals surface area contributed by atoms with E-state index in [1.807, 2.05) is 24.3 Å². The molecule has 6 heteroatoms. The standard InChI is InChI=1S/C19H17Cl2NO3/c1-22-17(12-2-6-14(20)7-3-12)18(13-4-8-15(21)9-5-13)25-16(10-11-23)19(22)24/h2-9,11,16-18H,10H2,1H3/t16?,17?,18-/m1/s1. The Hall–Kier alpha value is -1.88. The second-order valence-corrected chi connectivity index (χ2v) is 6.82. The third kappa shape index (κ3) is 3.71. The number of carbonyl (C=O) groups is 2. The highest BCUT2D eigenvalue weighted by atomic mass is 35.5. The van der Waals surface area contributed by atoms with Crippen molar-refractivity contribution in [1.82, 2.24) is 4.90 Å². The van der Waals surface area contributed by atoms with E-state index >= 15 is 0 Å². The van der Waals surface area contributed by atoms with Crippen LogP contribution in [0.4, 0.5) is 0 Å². The SMILES string of the molecule is CN1C(=O)C(CC=O)O[C@H](c2ccc(Cl)cc2)C1c1ccc(Cl)cc1. The molecule has 1 fully saturated rings. The van der Waals surface area contributed by atoms with E-state index in [-0.39, 0.29) is 18.4 Å². The van der Waals surface area contributed by atoms with Crippen LogP contribution in [0.5, 0.6) is 0 Å². The Morgan fingerprint density at radius 2 is 1.52 bits per heavy atom. The Balaban J connectivity index is 2.03. The molecule has 0 saturated carbocycles. The summed E-state index contributed by atoms with van der Waals surface area (Å²) >= 11 is 12.0. The van der Waals surface area contributed by atoms with Gasteiger partial charge in [-0.2, -0.15) is 0 Å². The monoisotopic (exact) mass is 377 g/mol. The molecule has 0 bridgehead atoms. The molecule has 1 aliphatic rings. The molecule has 2 aromatic rings. The minimum Gasteiger partial charge on any atom is -0.357 e. The van der Waals surface area contributed by atoms with E-state index in [0.717, 1.165) is 11.1 Å². The first kappa shape index (κ1) is 17.9. The number of halogens is 2. The van der Waals surface area contributed by atoms with Crippen molar-refractivity contribution >= 4 is 35.4 Å². The van der Waals surface area contributed by atoms with E-state index in [2.05, 4.69) is 0 Å². The van der Waals surface area contributed by atoms with Crippen molar-refractivity contribution in [3.05, 3.63) is 69.7 Å². The summed E-state index contributed by atoms with van der Waals surface area (Å²) in [5.74, 6) is -0.211. The van der Waals surface area contributed by atoms with E-state index in [1.54, 1.807) is 36.2 Å². The van der Waals surface area contributed by atoms with Gasteiger partial charge in [-0.3, -0.25) is 4.79 Å². The Kier molecular flexibility index (Phi) is 5.42. The number of ether oxygens (including phenoxy) is 1. The molecule has 1 amide bonds. The van der Waals surface area contributed by atoms with Gasteiger partial charge >= 0.3 is 0 Å². The van der Waals surface area contributed by atoms with Gasteiger partial charge in [0.15, 0.2) is 0 Å². The van der Waals surface area contributed by atoms with Crippen LogP contribution in [0.15, 0.2) is 48.5 Å². The fourth-order valence-corrected chi connectivity index (χ4v) is 3.34. The van der Waals surface area contributed by atoms with E-state index in [1.165, 1.54) is 0 Å². The molecular formula is C19H17Cl2NO3. The van der Waals surface area contributed by atoms with Gasteiger partial charge in [0.1, 0.15) is 18.5 Å². The molecule has 0 spiro atoms. The fraction of sp³-hybridized carbons (Fsp3) is 0.263. The van der Waals surface area contributed by atoms with Crippen molar-refractivity contribution in [2.45, 2.75) is 24.7 Å². The quantitative estimate of drug-likeness (QED) is 0.749. The highest BCUT2D eigenvalue weighted by molar-refractivity contribution is 6.30. The lowest BCUT2D eigenvalue weighted by atomic mass is 9.92. The second kappa shape index (κ2) is 7.56. The number of benzene rings is 2. The molecule has 0 aliphatic carbocycles. The zero-order chi connectivity index (χ0) is 18.0. The summed E-state index contributed by atoms with van der Waals surface area (Å²) in [6.07, 6.45) is -0.462. The van der Waals surface area contributed by atoms with Gasteiger partial charge in [-0.25, -0.2) is 0 Å². The fourth-order valence-electron chi connectivity index (χ4n) is 3.09. The van der Waals surface area contributed by atoms with Crippen molar-refractivity contribution in [2.24, 2.45) is 0 Å². The predicted molar refractivity (Wildman–Crippen MR) is 96.7 cm³/mol. The summed E-state index contributed by atoms with van der Waals surface area (Å²) in [4.78, 5) is 25.2. The van der Waals surface area contributed by atoms with Crippen molar-refractivity contribution in [3.63, 3.8) is 0 Å². The third-order valence-corrected chi connectivity index (χ3v) is 4.86. The van der Waals surface area contributed by atoms with Gasteiger partial charge in [0.25, 0.3) is 5.91 Å². The topological polar surface area (TPSA) is 46.6 Å². The van der Waals surface area contributed by atoms with Gasteiger partial charge in [-0.05, 0) is 35.4 Å². The molecule has 3 rings (SSSR count). The summed E-state index contributed by atoms with van der Waals surface area (Å²) in [6.45, 7) is 0. The molecule has 2 aromatic carbocycles. The van der Waals surface area contributed by atoms with E-state index < -0.39 is 12.2 Å². The molecule has 0 aromatic heterocycles. The number of likely N-dealkylation sites (N-methyl/N-ethyl adjacent to an activating group) is 1. The lowest BCUT2D eigenvalue weighted by molar-refractivity contribution is -0.172. The van der Waals surface area contributed by atoms with Crippen LogP contribution in [0.3, 0.4) is 0 Å². The van der Waals surface area contributed by atoms with Crippen molar-refractivity contribution < 1.29 is 14.3 Å². The molecule has 3 atom stereocenters. The van der Waals surface area contributed by atoms with Gasteiger partial charge in [0.05, 0.1) is 6.04 Å². The van der Waals surface area contributed by atoms with Gasteiger partial charge < -0.3 is 14.4 Å². The normalized spacial score (nSPS) is 23.6. The van der Waals surface area contributed by atoms with Gasteiger partial charge in [0, 0.05) is 23.5 Å². The Bertz CT molecular complexity index is 761. The lowest BCUT2D eigenvalue weighted by Gasteiger charge is -2.42. The molecule has 1 saturated heterocycles. The first-order valence-electron chi connectivity index (χ1n) is 7.88. The highest BCUT2D eigenvalue weighted by Crippen LogP contribution is 2.41. The molecule has 0 radical (unpaired) electrons. The molecule has 1 aliphatic heterocycles. The number of morpholine rings is 1. The summed E-state index contributed by atoms with van der Waals surface area (Å²) in [5, 5.41) is 1.24. The largest absolute Gasteiger partial charge is 0.357 e. The summed E-state index contributed by atoms with van der Waals surface area (Å²) in [7, 11) is 1.73. The van der Waals surface area contributed by atoms with Gasteiger partial charge in [-0.1, -0.05) is 47.5 Å². The number of aldehydes is 1. The van der Waals surface area contributed by atoms with Gasteiger partial charge in [0.2, 0.25) is 0 Å². The Morgan fingerprint density at radius 1 is 1.00 bits per heavy atom. The maximum atomic E-state index is 12.6. The number of amides is 1. The van der Waals surface area contributed by atoms with Crippen molar-refractivity contribution in [1.29, 1.82) is 0 Å². The van der Waals surface area contributed by atoms with E-state index in [4.69, 9.17) is 27.9 Å². The van der Waals surface area contributed by atoms with Crippen LogP contribution in [0.25, 0.3) is 0 Å². The minimum absolute atomic E-state index is 0.0284. The lowest BCUT2D eigenvalue weighted by Crippen LogP contribution is -2.49. The molecule has 25 heavy (non-hydrogen) atoms. The minimum atomic E-state index is -0.785. The van der Waals surface area contributed by atoms with Crippen molar-refractivity contribution in [3.8, 4) is 0 Å². The van der Waals surface area contributed by atoms with Crippen LogP contribution in [0.2, 0.25) is 10.0 Å². The second-order valence-electron chi connectivity index (χ2n) is 5.94. The first-order chi connectivity index (χ1) is 12.0. The summed E-state index contributed by atoms with van der Waals surface area (Å²) in [6, 6.07) is 14.3. The number of rotatable bonds is 4. The number of nitrogens with zero attached hydrogens (tertiary/aromatic N) is 1. The van der Waals surface area contributed by atoms with Crippen molar-refractivity contribution in [2.75, 3.05) is 7.05 Å². The molecule has 1 heterocycles. The highest BCUT2D eigenvalue weighted by Gasteiger charge is 2.42. The van der Waals surface area contributed by atoms with Crippen LogP contribution < -0.4 is 0 Å². The van der Waals surface area contributed by atoms with E-state index in [9.17, 15) is 9.59 Å². The van der Waals surface area contributed by atoms with Crippen LogP contribution in [-0.2, 0) is 14.3 Å². The average molecular weight is 378 g/mol. The molecule has 0 N–H and O–H groups in total. The number of carbonyl (C=O) groups excluding carboxylic acids is 2. The average Bonchev–Trinajstić information content (AvgIpc) is 2.61. The van der Waals surface area contributed by atoms with E-state index in [0.29, 0.717) is 16.3 Å². The molecule has 130 valence electrons. The van der Waals surface area contributed by atoms with Crippen LogP contribution in [0.1, 0.15) is 29.7 Å². The predicted octanol–water partition coefficient (Wildman–Crippen LogP) is 4.22. The molecular weight excluding hydrogens is 361 g/mol. The van der Waals surface area contributed by atoms with Gasteiger partial charge in [-0.15, -0.1) is 0 Å². The smallest absolute Gasteiger partial charge is 0.252 e. The first-order valence-corrected chi connectivity index (χ1v) is 8.63. The molecule has 2 unspecified atom stereocenters. The third-order valence-electron chi connectivity index (χ3n) is 4.36. The summed E-state index contributed by atoms with van der Waals surface area (Å²) < 4.78 is 6.03. The molecule has 4 nitrogen and oxygen atoms in total. The Morgan fingerprint density at radius 3 is 2.04 bits per heavy atom. The van der Waals surface area contributed by atoms with Crippen LogP contribution >= 0.6 is 23.2 Å². The maximum Gasteiger partial charge on any atom is 0.252 e. The van der Waals surface area contributed by atoms with Crippen LogP contribution in [-0.4, -0.2) is 30.2 Å². The maximum absolute atomic E-state index is 12.6.